The summed E-state index contributed by atoms with van der Waals surface area (Å²) < 4.78 is 39.9. The molecule has 0 unspecified atom stereocenters. The van der Waals surface area contributed by atoms with Gasteiger partial charge >= 0.3 is 11.9 Å². The van der Waals surface area contributed by atoms with Gasteiger partial charge in [-0.3, -0.25) is 14.2 Å². The van der Waals surface area contributed by atoms with E-state index in [0.29, 0.717) is 11.3 Å². The van der Waals surface area contributed by atoms with Gasteiger partial charge in [-0.1, -0.05) is 13.8 Å². The molecule has 0 bridgehead atoms. The molecular weight excluding hydrogens is 475 g/mol. The Morgan fingerprint density at radius 3 is 2.64 bits per heavy atom. The molecule has 3 rings (SSSR count). The van der Waals surface area contributed by atoms with E-state index in [0.717, 1.165) is 0 Å². The Hall–Kier alpha value is -3.06. The highest BCUT2D eigenvalue weighted by Crippen LogP contribution is 2.44. The number of nitrogens with one attached hydrogen (secondary N) is 1. The Morgan fingerprint density at radius 2 is 2.03 bits per heavy atom. The van der Waals surface area contributed by atoms with E-state index in [1.165, 1.54) is 17.8 Å². The molecule has 13 heteroatoms. The van der Waals surface area contributed by atoms with Gasteiger partial charge in [0, 0.05) is 13.5 Å². The van der Waals surface area contributed by atoms with Crippen LogP contribution in [0.5, 0.6) is 0 Å². The summed E-state index contributed by atoms with van der Waals surface area (Å²) in [5, 5.41) is 2.88. The third-order valence-electron chi connectivity index (χ3n) is 5.61. The van der Waals surface area contributed by atoms with E-state index < -0.39 is 41.5 Å². The highest BCUT2D eigenvalue weighted by molar-refractivity contribution is 5.84. The van der Waals surface area contributed by atoms with Gasteiger partial charge in [0.2, 0.25) is 5.95 Å². The lowest BCUT2D eigenvalue weighted by atomic mass is 9.97. The minimum absolute atomic E-state index is 0.0187. The molecule has 1 aliphatic rings. The van der Waals surface area contributed by atoms with E-state index in [1.807, 2.05) is 13.8 Å². The fraction of sp³-hybridized carbons (Fsp3) is 0.696. The minimum Gasteiger partial charge on any atom is -0.456 e. The Balaban J connectivity index is 1.86. The fourth-order valence-electron chi connectivity index (χ4n) is 3.81. The largest absolute Gasteiger partial charge is 0.456 e. The van der Waals surface area contributed by atoms with Crippen LogP contribution in [-0.2, 0) is 28.5 Å². The average Bonchev–Trinajstić information content (AvgIpc) is 3.27. The van der Waals surface area contributed by atoms with Crippen LogP contribution in [0.15, 0.2) is 6.33 Å². The van der Waals surface area contributed by atoms with Gasteiger partial charge in [-0.05, 0) is 33.6 Å². The molecule has 0 radical (unpaired) electrons. The summed E-state index contributed by atoms with van der Waals surface area (Å²) in [6.07, 6.45) is -2.12. The summed E-state index contributed by atoms with van der Waals surface area (Å²) in [5.74, 6) is -0.662. The van der Waals surface area contributed by atoms with Crippen molar-refractivity contribution in [2.24, 2.45) is 11.3 Å². The van der Waals surface area contributed by atoms with Crippen molar-refractivity contribution in [3.8, 4) is 0 Å². The van der Waals surface area contributed by atoms with Crippen molar-refractivity contribution < 1.29 is 32.9 Å². The molecule has 4 atom stereocenters. The van der Waals surface area contributed by atoms with Gasteiger partial charge in [0.15, 0.2) is 41.8 Å². The number of halogens is 1. The zero-order valence-electron chi connectivity index (χ0n) is 21.7. The van der Waals surface area contributed by atoms with Crippen LogP contribution >= 0.6 is 0 Å². The monoisotopic (exact) mass is 510 g/mol. The van der Waals surface area contributed by atoms with E-state index in [1.54, 1.807) is 27.8 Å². The molecule has 2 aromatic heterocycles. The predicted molar refractivity (Wildman–Crippen MR) is 128 cm³/mol. The number of esters is 2. The fourth-order valence-corrected chi connectivity index (χ4v) is 3.81. The molecule has 3 heterocycles. The van der Waals surface area contributed by atoms with Crippen molar-refractivity contribution in [3.63, 3.8) is 0 Å². The molecule has 3 N–H and O–H groups in total. The SMILES string of the molecule is CNc1nc(N)nc2c1ncn2[C@@H]1O[C@H](COCOC(=O)C(C)(C)C)[C@@H](OC(=O)CC(C)C)[C@@]1(C)F. The molecule has 0 aromatic carbocycles. The van der Waals surface area contributed by atoms with Gasteiger partial charge in [0.1, 0.15) is 6.10 Å². The number of nitrogens with two attached hydrogens (primary N) is 1. The third-order valence-corrected chi connectivity index (χ3v) is 5.61. The first kappa shape index (κ1) is 27.5. The van der Waals surface area contributed by atoms with Crippen LogP contribution in [0.4, 0.5) is 16.2 Å². The Morgan fingerprint density at radius 1 is 1.33 bits per heavy atom. The van der Waals surface area contributed by atoms with Gasteiger partial charge in [-0.25, -0.2) is 9.37 Å². The Labute approximate surface area is 209 Å². The maximum absolute atomic E-state index is 16.4. The van der Waals surface area contributed by atoms with Crippen LogP contribution in [0.2, 0.25) is 0 Å². The van der Waals surface area contributed by atoms with Crippen LogP contribution in [0.25, 0.3) is 11.2 Å². The van der Waals surface area contributed by atoms with Crippen LogP contribution in [-0.4, -0.2) is 69.8 Å². The first-order valence-electron chi connectivity index (χ1n) is 11.7. The molecule has 200 valence electrons. The third kappa shape index (κ3) is 5.84. The van der Waals surface area contributed by atoms with E-state index in [9.17, 15) is 9.59 Å². The van der Waals surface area contributed by atoms with Crippen molar-refractivity contribution in [3.05, 3.63) is 6.33 Å². The number of ether oxygens (including phenoxy) is 4. The van der Waals surface area contributed by atoms with Crippen LogP contribution in [0.1, 0.15) is 54.2 Å². The molecule has 36 heavy (non-hydrogen) atoms. The maximum atomic E-state index is 16.4. The lowest BCUT2D eigenvalue weighted by Crippen LogP contribution is -2.44. The number of hydrogen-bond acceptors (Lipinski definition) is 11. The lowest BCUT2D eigenvalue weighted by molar-refractivity contribution is -0.172. The highest BCUT2D eigenvalue weighted by Gasteiger charge is 2.58. The first-order valence-corrected chi connectivity index (χ1v) is 11.7. The lowest BCUT2D eigenvalue weighted by Gasteiger charge is -2.28. The normalized spacial score (nSPS) is 24.3. The van der Waals surface area contributed by atoms with Gasteiger partial charge in [-0.15, -0.1) is 0 Å². The van der Waals surface area contributed by atoms with Crippen molar-refractivity contribution in [2.75, 3.05) is 31.5 Å². The molecule has 0 aliphatic carbocycles. The molecule has 1 fully saturated rings. The molecular formula is C23H35FN6O6. The van der Waals surface area contributed by atoms with E-state index in [2.05, 4.69) is 20.3 Å². The molecule has 1 saturated heterocycles. The van der Waals surface area contributed by atoms with Gasteiger partial charge in [-0.2, -0.15) is 9.97 Å². The van der Waals surface area contributed by atoms with Crippen LogP contribution in [0.3, 0.4) is 0 Å². The number of anilines is 2. The summed E-state index contributed by atoms with van der Waals surface area (Å²) in [6, 6.07) is 0. The quantitative estimate of drug-likeness (QED) is 0.291. The van der Waals surface area contributed by atoms with Crippen molar-refractivity contribution in [1.82, 2.24) is 19.5 Å². The summed E-state index contributed by atoms with van der Waals surface area (Å²) >= 11 is 0. The van der Waals surface area contributed by atoms with Crippen LogP contribution in [0, 0.1) is 11.3 Å². The van der Waals surface area contributed by atoms with Gasteiger partial charge < -0.3 is 30.0 Å². The minimum atomic E-state index is -2.20. The highest BCUT2D eigenvalue weighted by atomic mass is 19.1. The Bertz CT molecular complexity index is 1100. The van der Waals surface area contributed by atoms with Crippen molar-refractivity contribution in [2.45, 2.75) is 72.1 Å². The summed E-state index contributed by atoms with van der Waals surface area (Å²) in [5.41, 5.74) is 3.54. The maximum Gasteiger partial charge on any atom is 0.313 e. The molecule has 12 nitrogen and oxygen atoms in total. The second kappa shape index (κ2) is 10.5. The smallest absolute Gasteiger partial charge is 0.313 e. The molecule has 0 amide bonds. The molecule has 1 aliphatic heterocycles. The molecule has 2 aromatic rings. The van der Waals surface area contributed by atoms with Crippen molar-refractivity contribution >= 4 is 34.9 Å². The predicted octanol–water partition coefficient (Wildman–Crippen LogP) is 2.60. The zero-order chi connectivity index (χ0) is 26.8. The molecule has 0 saturated carbocycles. The van der Waals surface area contributed by atoms with Crippen molar-refractivity contribution in [1.29, 1.82) is 0 Å². The number of carbonyl (C=O) groups excluding carboxylic acids is 2. The number of fused-ring (bicyclic) bond motifs is 1. The van der Waals surface area contributed by atoms with E-state index in [-0.39, 0.29) is 37.3 Å². The van der Waals surface area contributed by atoms with Gasteiger partial charge in [0.05, 0.1) is 18.3 Å². The Kier molecular flexibility index (Phi) is 8.04. The summed E-state index contributed by atoms with van der Waals surface area (Å²) in [6.45, 7) is 9.57. The second-order valence-corrected chi connectivity index (χ2v) is 10.4. The number of nitrogen functional groups attached to an aromatic ring is 1. The first-order chi connectivity index (χ1) is 16.8. The topological polar surface area (TPSA) is 153 Å². The number of rotatable bonds is 9. The number of carbonyl (C=O) groups is 2. The summed E-state index contributed by atoms with van der Waals surface area (Å²) in [4.78, 5) is 37.1. The van der Waals surface area contributed by atoms with E-state index >= 15 is 4.39 Å². The average molecular weight is 511 g/mol. The van der Waals surface area contributed by atoms with Gasteiger partial charge in [0.25, 0.3) is 0 Å². The zero-order valence-corrected chi connectivity index (χ0v) is 21.7. The standard InChI is InChI=1S/C23H35FN6O6/c1-12(2)8-14(31)36-16-13(9-33-11-34-20(32)22(3,4)5)35-19(23(16,6)24)30-10-27-15-17(26-7)28-21(25)29-18(15)30/h10,12-13,16,19H,8-9,11H2,1-7H3,(H3,25,26,28,29)/t13-,16-,19-,23-/m1/s1. The number of aromatic nitrogens is 4. The second-order valence-electron chi connectivity index (χ2n) is 10.4. The molecule has 0 spiro atoms. The summed E-state index contributed by atoms with van der Waals surface area (Å²) in [7, 11) is 1.65. The van der Waals surface area contributed by atoms with E-state index in [4.69, 9.17) is 24.7 Å². The number of hydrogen-bond donors (Lipinski definition) is 2. The van der Waals surface area contributed by atoms with Crippen LogP contribution < -0.4 is 11.1 Å². The number of alkyl halides is 1. The number of nitrogens with zero attached hydrogens (tertiary/aromatic N) is 4. The number of imidazole rings is 1.